The van der Waals surface area contributed by atoms with Gasteiger partial charge in [-0.3, -0.25) is 0 Å². The minimum absolute atomic E-state index is 0.143. The summed E-state index contributed by atoms with van der Waals surface area (Å²) in [5.74, 6) is 0.467. The van der Waals surface area contributed by atoms with Crippen LogP contribution in [0.5, 0.6) is 5.75 Å². The van der Waals surface area contributed by atoms with Crippen molar-refractivity contribution in [3.63, 3.8) is 0 Å². The molecule has 0 aliphatic carbocycles. The van der Waals surface area contributed by atoms with Crippen LogP contribution in [-0.2, 0) is 10.0 Å². The van der Waals surface area contributed by atoms with Gasteiger partial charge in [-0.25, -0.2) is 8.42 Å². The molecule has 2 aromatic rings. The van der Waals surface area contributed by atoms with Crippen LogP contribution in [0.4, 0.5) is 11.4 Å². The molecular weight excluding hydrogens is 418 g/mol. The maximum Gasteiger partial charge on any atom is 0.245 e. The number of sulfonamides is 1. The summed E-state index contributed by atoms with van der Waals surface area (Å²) < 4.78 is 33.2. The standard InChI is InChI=1S/C19H22ClN3O3S2/c1-26-16-8-9-17(22-19(27)21-15-7-5-6-14(20)12-15)18(13-16)28(24,25)23-10-3-2-4-11-23/h5-9,12-13H,2-4,10-11H2,1H3,(H2,21,22,27). The van der Waals surface area contributed by atoms with Gasteiger partial charge in [-0.15, -0.1) is 0 Å². The molecule has 6 nitrogen and oxygen atoms in total. The third kappa shape index (κ3) is 4.94. The second-order valence-corrected chi connectivity index (χ2v) is 9.17. The van der Waals surface area contributed by atoms with E-state index in [-0.39, 0.29) is 10.0 Å². The van der Waals surface area contributed by atoms with E-state index in [1.165, 1.54) is 17.5 Å². The zero-order valence-corrected chi connectivity index (χ0v) is 17.8. The molecule has 1 saturated heterocycles. The quantitative estimate of drug-likeness (QED) is 0.675. The minimum Gasteiger partial charge on any atom is -0.497 e. The Morgan fingerprint density at radius 1 is 1.11 bits per heavy atom. The lowest BCUT2D eigenvalue weighted by Crippen LogP contribution is -2.36. The molecule has 150 valence electrons. The number of hydrogen-bond donors (Lipinski definition) is 2. The van der Waals surface area contributed by atoms with Gasteiger partial charge in [-0.2, -0.15) is 4.31 Å². The van der Waals surface area contributed by atoms with Crippen molar-refractivity contribution < 1.29 is 13.2 Å². The van der Waals surface area contributed by atoms with Gasteiger partial charge in [0.2, 0.25) is 10.0 Å². The van der Waals surface area contributed by atoms with Crippen molar-refractivity contribution in [3.05, 3.63) is 47.5 Å². The highest BCUT2D eigenvalue weighted by Gasteiger charge is 2.29. The third-order valence-corrected chi connectivity index (χ3v) is 6.83. The Kier molecular flexibility index (Phi) is 6.77. The maximum atomic E-state index is 13.2. The molecule has 0 aromatic heterocycles. The van der Waals surface area contributed by atoms with Crippen LogP contribution in [0.3, 0.4) is 0 Å². The van der Waals surface area contributed by atoms with E-state index in [0.717, 1.165) is 19.3 Å². The predicted octanol–water partition coefficient (Wildman–Crippen LogP) is 4.33. The SMILES string of the molecule is COc1ccc(NC(=S)Nc2cccc(Cl)c2)c(S(=O)(=O)N2CCCCC2)c1. The number of nitrogens with one attached hydrogen (secondary N) is 2. The molecule has 0 unspecified atom stereocenters. The molecule has 9 heteroatoms. The van der Waals surface area contributed by atoms with Crippen molar-refractivity contribution in [1.82, 2.24) is 4.31 Å². The monoisotopic (exact) mass is 439 g/mol. The Morgan fingerprint density at radius 3 is 2.54 bits per heavy atom. The van der Waals surface area contributed by atoms with Crippen LogP contribution in [0, 0.1) is 0 Å². The van der Waals surface area contributed by atoms with Crippen LogP contribution in [0.15, 0.2) is 47.4 Å². The van der Waals surface area contributed by atoms with Crippen molar-refractivity contribution in [1.29, 1.82) is 0 Å². The minimum atomic E-state index is -3.67. The Labute approximate surface area is 175 Å². The van der Waals surface area contributed by atoms with Crippen LogP contribution in [0.1, 0.15) is 19.3 Å². The largest absolute Gasteiger partial charge is 0.497 e. The lowest BCUT2D eigenvalue weighted by molar-refractivity contribution is 0.346. The average molecular weight is 440 g/mol. The molecular formula is C19H22ClN3O3S2. The van der Waals surface area contributed by atoms with E-state index < -0.39 is 10.0 Å². The third-order valence-electron chi connectivity index (χ3n) is 4.45. The molecule has 0 atom stereocenters. The van der Waals surface area contributed by atoms with Crippen molar-refractivity contribution in [2.75, 3.05) is 30.8 Å². The van der Waals surface area contributed by atoms with Crippen LogP contribution in [-0.4, -0.2) is 38.0 Å². The molecule has 0 saturated carbocycles. The molecule has 0 bridgehead atoms. The van der Waals surface area contributed by atoms with Crippen molar-refractivity contribution in [3.8, 4) is 5.75 Å². The lowest BCUT2D eigenvalue weighted by atomic mass is 10.2. The van der Waals surface area contributed by atoms with E-state index in [1.807, 2.05) is 6.07 Å². The summed E-state index contributed by atoms with van der Waals surface area (Å²) in [6.07, 6.45) is 2.77. The van der Waals surface area contributed by atoms with Crippen molar-refractivity contribution in [2.45, 2.75) is 24.2 Å². The maximum absolute atomic E-state index is 13.2. The smallest absolute Gasteiger partial charge is 0.245 e. The summed E-state index contributed by atoms with van der Waals surface area (Å²) in [5, 5.41) is 6.85. The number of halogens is 1. The lowest BCUT2D eigenvalue weighted by Gasteiger charge is -2.27. The van der Waals surface area contributed by atoms with E-state index >= 15 is 0 Å². The molecule has 1 heterocycles. The molecule has 1 fully saturated rings. The number of benzene rings is 2. The first-order valence-electron chi connectivity index (χ1n) is 8.92. The second-order valence-electron chi connectivity index (χ2n) is 6.42. The highest BCUT2D eigenvalue weighted by molar-refractivity contribution is 7.89. The Hall–Kier alpha value is -1.87. The summed E-state index contributed by atoms with van der Waals surface area (Å²) in [6, 6.07) is 12.0. The number of nitrogens with zero attached hydrogens (tertiary/aromatic N) is 1. The molecule has 2 N–H and O–H groups in total. The van der Waals surface area contributed by atoms with Gasteiger partial charge >= 0.3 is 0 Å². The van der Waals surface area contributed by atoms with E-state index in [9.17, 15) is 8.42 Å². The van der Waals surface area contributed by atoms with Gasteiger partial charge in [0.25, 0.3) is 0 Å². The number of hydrogen-bond acceptors (Lipinski definition) is 4. The van der Waals surface area contributed by atoms with Gasteiger partial charge in [0.1, 0.15) is 10.6 Å². The fraction of sp³-hybridized carbons (Fsp3) is 0.316. The zero-order chi connectivity index (χ0) is 20.1. The Balaban J connectivity index is 1.87. The van der Waals surface area contributed by atoms with Gasteiger partial charge in [0, 0.05) is 29.9 Å². The molecule has 3 rings (SSSR count). The van der Waals surface area contributed by atoms with E-state index in [2.05, 4.69) is 10.6 Å². The van der Waals surface area contributed by atoms with Crippen molar-refractivity contribution in [2.24, 2.45) is 0 Å². The fourth-order valence-electron chi connectivity index (χ4n) is 3.04. The number of piperidine rings is 1. The van der Waals surface area contributed by atoms with Crippen molar-refractivity contribution >= 4 is 50.3 Å². The number of thiocarbonyl (C=S) groups is 1. The van der Waals surface area contributed by atoms with E-state index in [1.54, 1.807) is 30.3 Å². The van der Waals surface area contributed by atoms with Gasteiger partial charge in [0.05, 0.1) is 12.8 Å². The van der Waals surface area contributed by atoms with Gasteiger partial charge in [-0.05, 0) is 55.4 Å². The van der Waals surface area contributed by atoms with E-state index in [4.69, 9.17) is 28.6 Å². The Morgan fingerprint density at radius 2 is 1.86 bits per heavy atom. The van der Waals surface area contributed by atoms with Gasteiger partial charge in [-0.1, -0.05) is 24.1 Å². The highest BCUT2D eigenvalue weighted by atomic mass is 35.5. The summed E-state index contributed by atoms with van der Waals surface area (Å²) in [5.41, 5.74) is 1.10. The molecule has 0 radical (unpaired) electrons. The number of rotatable bonds is 5. The second kappa shape index (κ2) is 9.09. The summed E-state index contributed by atoms with van der Waals surface area (Å²) in [7, 11) is -2.16. The van der Waals surface area contributed by atoms with Crippen LogP contribution in [0.25, 0.3) is 0 Å². The summed E-state index contributed by atoms with van der Waals surface area (Å²) in [4.78, 5) is 0.143. The van der Waals surface area contributed by atoms with Crippen LogP contribution >= 0.6 is 23.8 Å². The topological polar surface area (TPSA) is 70.7 Å². The normalized spacial score (nSPS) is 15.1. The fourth-order valence-corrected chi connectivity index (χ4v) is 5.14. The van der Waals surface area contributed by atoms with Gasteiger partial charge < -0.3 is 15.4 Å². The average Bonchev–Trinajstić information content (AvgIpc) is 2.69. The first kappa shape index (κ1) is 20.9. The highest BCUT2D eigenvalue weighted by Crippen LogP contribution is 2.30. The summed E-state index contributed by atoms with van der Waals surface area (Å²) >= 11 is 11.3. The van der Waals surface area contributed by atoms with E-state index in [0.29, 0.717) is 35.2 Å². The predicted molar refractivity (Wildman–Crippen MR) is 117 cm³/mol. The Bertz CT molecular complexity index is 961. The zero-order valence-electron chi connectivity index (χ0n) is 15.4. The first-order chi connectivity index (χ1) is 13.4. The number of methoxy groups -OCH3 is 1. The molecule has 1 aliphatic heterocycles. The van der Waals surface area contributed by atoms with Crippen LogP contribution < -0.4 is 15.4 Å². The molecule has 0 spiro atoms. The molecule has 28 heavy (non-hydrogen) atoms. The molecule has 2 aromatic carbocycles. The molecule has 1 aliphatic rings. The number of ether oxygens (including phenoxy) is 1. The number of anilines is 2. The van der Waals surface area contributed by atoms with Gasteiger partial charge in [0.15, 0.2) is 5.11 Å². The summed E-state index contributed by atoms with van der Waals surface area (Å²) in [6.45, 7) is 1.04. The molecule has 0 amide bonds. The first-order valence-corrected chi connectivity index (χ1v) is 11.1. The van der Waals surface area contributed by atoms with Crippen LogP contribution in [0.2, 0.25) is 5.02 Å².